The van der Waals surface area contributed by atoms with Gasteiger partial charge in [-0.2, -0.15) is 0 Å². The third-order valence-corrected chi connectivity index (χ3v) is 7.03. The van der Waals surface area contributed by atoms with Crippen LogP contribution in [-0.4, -0.2) is 20.2 Å². The van der Waals surface area contributed by atoms with Crippen molar-refractivity contribution in [2.45, 2.75) is 0 Å². The normalized spacial score (nSPS) is 11.6. The van der Waals surface area contributed by atoms with E-state index < -0.39 is 0 Å². The van der Waals surface area contributed by atoms with E-state index in [-0.39, 0.29) is 0 Å². The minimum atomic E-state index is 0.304. The van der Waals surface area contributed by atoms with Crippen LogP contribution in [0, 0.1) is 0 Å². The molecule has 8 rings (SSSR count). The van der Waals surface area contributed by atoms with Gasteiger partial charge in [-0.05, 0) is 41.1 Å². The first kappa shape index (κ1) is 20.4. The van der Waals surface area contributed by atoms with E-state index in [0.29, 0.717) is 11.5 Å². The van der Waals surface area contributed by atoms with Crippen LogP contribution >= 0.6 is 0 Å². The summed E-state index contributed by atoms with van der Waals surface area (Å²) in [6, 6.07) is 36.1. The van der Waals surface area contributed by atoms with E-state index in [2.05, 4.69) is 52.4 Å². The molecule has 0 aliphatic rings. The highest BCUT2D eigenvalue weighted by atomic mass is 16.3. The molecular weight excluding hydrogens is 444 g/mol. The zero-order chi connectivity index (χ0) is 24.2. The molecule has 172 valence electrons. The molecule has 2 aromatic heterocycles. The summed E-state index contributed by atoms with van der Waals surface area (Å²) in [5, 5.41) is 28.7. The largest absolute Gasteiger partial charge is 0.507 e. The number of phenols is 2. The average Bonchev–Trinajstić information content (AvgIpc) is 3.49. The van der Waals surface area contributed by atoms with Crippen molar-refractivity contribution in [2.24, 2.45) is 0 Å². The number of nitrogens with one attached hydrogen (secondary N) is 2. The van der Waals surface area contributed by atoms with Gasteiger partial charge in [0.25, 0.3) is 0 Å². The molecular formula is C32H22N2O2. The summed E-state index contributed by atoms with van der Waals surface area (Å²) in [4.78, 5) is 6.73. The summed E-state index contributed by atoms with van der Waals surface area (Å²) in [6.07, 6.45) is 0. The minimum Gasteiger partial charge on any atom is -0.507 e. The summed E-state index contributed by atoms with van der Waals surface area (Å²) in [6.45, 7) is 0. The van der Waals surface area contributed by atoms with Crippen molar-refractivity contribution in [1.82, 2.24) is 9.97 Å². The van der Waals surface area contributed by atoms with E-state index in [1.54, 1.807) is 12.1 Å². The fourth-order valence-electron chi connectivity index (χ4n) is 5.34. The Morgan fingerprint density at radius 1 is 0.333 bits per heavy atom. The minimum absolute atomic E-state index is 0.304. The average molecular weight is 467 g/mol. The SMILES string of the molecule is Oc1cccc2c1[nH]c1ccccc12.Oc1cccc2c1ccc1c2ccc2c3ccccc3[nH]c21. The molecule has 0 bridgehead atoms. The Bertz CT molecular complexity index is 2080. The van der Waals surface area contributed by atoms with Crippen LogP contribution in [0.1, 0.15) is 0 Å². The van der Waals surface area contributed by atoms with Crippen LogP contribution in [-0.2, 0) is 0 Å². The van der Waals surface area contributed by atoms with Crippen molar-refractivity contribution >= 4 is 65.2 Å². The van der Waals surface area contributed by atoms with Crippen LogP contribution in [0.15, 0.2) is 109 Å². The number of para-hydroxylation sites is 3. The third-order valence-electron chi connectivity index (χ3n) is 7.03. The molecule has 2 heterocycles. The van der Waals surface area contributed by atoms with Crippen molar-refractivity contribution in [3.05, 3.63) is 109 Å². The van der Waals surface area contributed by atoms with Crippen LogP contribution in [0.5, 0.6) is 11.5 Å². The fourth-order valence-corrected chi connectivity index (χ4v) is 5.34. The second-order valence-corrected chi connectivity index (χ2v) is 9.06. The Morgan fingerprint density at radius 2 is 0.778 bits per heavy atom. The molecule has 8 aromatic rings. The zero-order valence-corrected chi connectivity index (χ0v) is 19.3. The smallest absolute Gasteiger partial charge is 0.139 e. The van der Waals surface area contributed by atoms with E-state index in [0.717, 1.165) is 49.0 Å². The Hall–Kier alpha value is -4.96. The van der Waals surface area contributed by atoms with Gasteiger partial charge < -0.3 is 20.2 Å². The van der Waals surface area contributed by atoms with Gasteiger partial charge in [-0.25, -0.2) is 0 Å². The van der Waals surface area contributed by atoms with Gasteiger partial charge >= 0.3 is 0 Å². The van der Waals surface area contributed by atoms with E-state index in [9.17, 15) is 10.2 Å². The lowest BCUT2D eigenvalue weighted by molar-refractivity contribution is 0.480. The molecule has 0 unspecified atom stereocenters. The number of fused-ring (bicyclic) bond motifs is 10. The second kappa shape index (κ2) is 7.79. The molecule has 4 nitrogen and oxygen atoms in total. The van der Waals surface area contributed by atoms with Crippen LogP contribution in [0.2, 0.25) is 0 Å². The van der Waals surface area contributed by atoms with Gasteiger partial charge in [0.2, 0.25) is 0 Å². The number of aromatic nitrogens is 2. The molecule has 4 N–H and O–H groups in total. The molecule has 0 atom stereocenters. The topological polar surface area (TPSA) is 72.0 Å². The lowest BCUT2D eigenvalue weighted by Gasteiger charge is -2.06. The van der Waals surface area contributed by atoms with E-state index in [4.69, 9.17) is 0 Å². The van der Waals surface area contributed by atoms with Crippen LogP contribution in [0.25, 0.3) is 65.2 Å². The predicted octanol–water partition coefficient (Wildman–Crippen LogP) is 8.36. The van der Waals surface area contributed by atoms with Crippen molar-refractivity contribution in [1.29, 1.82) is 0 Å². The maximum Gasteiger partial charge on any atom is 0.139 e. The lowest BCUT2D eigenvalue weighted by Crippen LogP contribution is -1.80. The van der Waals surface area contributed by atoms with Crippen molar-refractivity contribution in [2.75, 3.05) is 0 Å². The number of H-pyrrole nitrogens is 2. The first-order valence-electron chi connectivity index (χ1n) is 11.9. The number of hydrogen-bond acceptors (Lipinski definition) is 2. The molecule has 0 aliphatic carbocycles. The maximum atomic E-state index is 10.1. The molecule has 36 heavy (non-hydrogen) atoms. The molecule has 0 radical (unpaired) electrons. The molecule has 0 amide bonds. The lowest BCUT2D eigenvalue weighted by atomic mass is 9.99. The quantitative estimate of drug-likeness (QED) is 0.170. The van der Waals surface area contributed by atoms with Gasteiger partial charge in [0, 0.05) is 43.4 Å². The summed E-state index contributed by atoms with van der Waals surface area (Å²) < 4.78 is 0. The first-order valence-corrected chi connectivity index (χ1v) is 11.9. The molecule has 0 saturated carbocycles. The summed E-state index contributed by atoms with van der Waals surface area (Å²) >= 11 is 0. The predicted molar refractivity (Wildman–Crippen MR) is 150 cm³/mol. The number of aromatic hydroxyl groups is 2. The van der Waals surface area contributed by atoms with Gasteiger partial charge in [-0.1, -0.05) is 78.9 Å². The number of benzene rings is 6. The van der Waals surface area contributed by atoms with Crippen LogP contribution < -0.4 is 0 Å². The number of rotatable bonds is 0. The van der Waals surface area contributed by atoms with Gasteiger partial charge in [-0.3, -0.25) is 0 Å². The van der Waals surface area contributed by atoms with Gasteiger partial charge in [-0.15, -0.1) is 0 Å². The van der Waals surface area contributed by atoms with Crippen molar-refractivity contribution in [3.8, 4) is 11.5 Å². The number of aromatic amines is 2. The van der Waals surface area contributed by atoms with Crippen LogP contribution in [0.3, 0.4) is 0 Å². The third kappa shape index (κ3) is 3.01. The maximum absolute atomic E-state index is 10.1. The van der Waals surface area contributed by atoms with Gasteiger partial charge in [0.05, 0.1) is 11.0 Å². The summed E-state index contributed by atoms with van der Waals surface area (Å²) in [7, 11) is 0. The fraction of sp³-hybridized carbons (Fsp3) is 0. The number of hydrogen-bond donors (Lipinski definition) is 4. The molecule has 0 fully saturated rings. The highest BCUT2D eigenvalue weighted by Gasteiger charge is 2.10. The molecule has 0 spiro atoms. The Labute approximate surface area is 206 Å². The monoisotopic (exact) mass is 466 g/mol. The highest BCUT2D eigenvalue weighted by molar-refractivity contribution is 6.22. The molecule has 0 aliphatic heterocycles. The number of phenolic OH excluding ortho intramolecular Hbond substituents is 2. The highest BCUT2D eigenvalue weighted by Crippen LogP contribution is 2.36. The summed E-state index contributed by atoms with van der Waals surface area (Å²) in [5.74, 6) is 0.634. The van der Waals surface area contributed by atoms with Crippen molar-refractivity contribution in [3.63, 3.8) is 0 Å². The molecule has 4 heteroatoms. The van der Waals surface area contributed by atoms with E-state index in [1.807, 2.05) is 54.6 Å². The standard InChI is InChI=1S/C20H13NO.C12H9NO/c22-19-7-3-5-12-13-8-10-17-14-4-1-2-6-18(14)21-20(17)16(13)11-9-15(12)19;14-11-7-3-5-9-8-4-1-2-6-10(8)13-12(9)11/h1-11,21-22H;1-7,13-14H. The molecule has 0 saturated heterocycles. The Balaban J connectivity index is 0.000000136. The molecule has 6 aromatic carbocycles. The van der Waals surface area contributed by atoms with E-state index >= 15 is 0 Å². The first-order chi connectivity index (χ1) is 17.7. The van der Waals surface area contributed by atoms with Crippen molar-refractivity contribution < 1.29 is 10.2 Å². The van der Waals surface area contributed by atoms with Gasteiger partial charge in [0.1, 0.15) is 11.5 Å². The Morgan fingerprint density at radius 3 is 1.50 bits per heavy atom. The zero-order valence-electron chi connectivity index (χ0n) is 19.3. The Kier molecular flexibility index (Phi) is 4.42. The van der Waals surface area contributed by atoms with Crippen LogP contribution in [0.4, 0.5) is 0 Å². The second-order valence-electron chi connectivity index (χ2n) is 9.06. The van der Waals surface area contributed by atoms with E-state index in [1.165, 1.54) is 16.2 Å². The van der Waals surface area contributed by atoms with Gasteiger partial charge in [0.15, 0.2) is 0 Å². The summed E-state index contributed by atoms with van der Waals surface area (Å²) in [5.41, 5.74) is 4.18.